The van der Waals surface area contributed by atoms with Crippen LogP contribution in [-0.2, 0) is 32.0 Å². The number of nitrogens with one attached hydrogen (secondary N) is 2. The van der Waals surface area contributed by atoms with Gasteiger partial charge in [0.2, 0.25) is 0 Å². The molecule has 1 aromatic carbocycles. The summed E-state index contributed by atoms with van der Waals surface area (Å²) in [6.07, 6.45) is -10.2. The van der Waals surface area contributed by atoms with Gasteiger partial charge in [0.25, 0.3) is 11.6 Å². The number of fused-ring (bicyclic) bond motifs is 3. The Bertz CT molecular complexity index is 2100. The number of amides is 3. The first-order chi connectivity index (χ1) is 25.2. The maximum absolute atomic E-state index is 12.6. The second-order valence-electron chi connectivity index (χ2n) is 12.5. The van der Waals surface area contributed by atoms with Gasteiger partial charge in [-0.25, -0.2) is 28.9 Å². The van der Waals surface area contributed by atoms with Gasteiger partial charge in [0, 0.05) is 0 Å². The molecule has 3 aliphatic heterocycles. The Morgan fingerprint density at radius 2 is 1.70 bits per heavy atom. The molecule has 0 spiro atoms. The van der Waals surface area contributed by atoms with Crippen molar-refractivity contribution in [1.29, 1.82) is 0 Å². The predicted molar refractivity (Wildman–Crippen MR) is 179 cm³/mol. The minimum absolute atomic E-state index is 0.0224. The zero-order chi connectivity index (χ0) is 39.5. The van der Waals surface area contributed by atoms with Crippen molar-refractivity contribution in [2.45, 2.75) is 62.4 Å². The number of nitrogens with zero attached hydrogens (tertiary/aromatic N) is 6. The van der Waals surface area contributed by atoms with Crippen LogP contribution in [0.1, 0.15) is 17.4 Å². The van der Waals surface area contributed by atoms with Gasteiger partial charge in [0.1, 0.15) is 48.5 Å². The number of hydrogen-bond acceptors (Lipinski definition) is 20. The summed E-state index contributed by atoms with van der Waals surface area (Å²) in [7, 11) is -11.1. The molecule has 2 aromatic heterocycles. The van der Waals surface area contributed by atoms with Crippen LogP contribution in [-0.4, -0.2) is 140 Å². The van der Waals surface area contributed by atoms with Crippen molar-refractivity contribution in [3.8, 4) is 0 Å². The number of hydrogen-bond donors (Lipinski definition) is 11. The van der Waals surface area contributed by atoms with Gasteiger partial charge in [-0.15, -0.1) is 0 Å². The second kappa shape index (κ2) is 14.6. The van der Waals surface area contributed by atoms with Gasteiger partial charge in [-0.1, -0.05) is 0 Å². The third kappa shape index (κ3) is 7.60. The lowest BCUT2D eigenvalue weighted by molar-refractivity contribution is -0.131. The molecular formula is C27H35N9O16P2. The van der Waals surface area contributed by atoms with E-state index in [-0.39, 0.29) is 28.4 Å². The van der Waals surface area contributed by atoms with E-state index in [0.29, 0.717) is 5.56 Å². The van der Waals surface area contributed by atoms with E-state index in [1.165, 1.54) is 10.9 Å². The maximum atomic E-state index is 12.6. The van der Waals surface area contributed by atoms with Gasteiger partial charge in [-0.3, -0.25) is 23.7 Å². The fourth-order valence-corrected chi connectivity index (χ4v) is 7.90. The van der Waals surface area contributed by atoms with Gasteiger partial charge >= 0.3 is 21.7 Å². The fraction of sp³-hybridized carbons (Fsp3) is 0.481. The van der Waals surface area contributed by atoms with Crippen molar-refractivity contribution in [2.24, 2.45) is 4.99 Å². The van der Waals surface area contributed by atoms with Crippen molar-refractivity contribution in [3.63, 3.8) is 0 Å². The van der Waals surface area contributed by atoms with Crippen LogP contribution in [0.2, 0.25) is 0 Å². The number of imide groups is 1. The lowest BCUT2D eigenvalue weighted by atomic mass is 9.98. The van der Waals surface area contributed by atoms with Crippen molar-refractivity contribution >= 4 is 61.8 Å². The molecule has 0 aliphatic carbocycles. The monoisotopic (exact) mass is 803 g/mol. The lowest BCUT2D eigenvalue weighted by Gasteiger charge is -2.44. The Balaban J connectivity index is 1.06. The van der Waals surface area contributed by atoms with E-state index in [9.17, 15) is 59.1 Å². The minimum atomic E-state index is -5.58. The van der Waals surface area contributed by atoms with Crippen LogP contribution in [0, 0.1) is 13.8 Å². The molecule has 1 saturated heterocycles. The number of aliphatic hydroxyl groups is 6. The Labute approximate surface area is 302 Å². The maximum Gasteiger partial charge on any atom is 0.481 e. The molecule has 4 unspecified atom stereocenters. The highest BCUT2D eigenvalue weighted by Gasteiger charge is 2.53. The third-order valence-corrected chi connectivity index (χ3v) is 11.3. The highest BCUT2D eigenvalue weighted by molar-refractivity contribution is 7.61. The molecule has 0 radical (unpaired) electrons. The minimum Gasteiger partial charge on any atom is -0.388 e. The zero-order valence-electron chi connectivity index (χ0n) is 28.0. The summed E-state index contributed by atoms with van der Waals surface area (Å²) in [5, 5.41) is 68.7. The molecule has 3 aliphatic rings. The molecule has 25 nitrogen and oxygen atoms in total. The van der Waals surface area contributed by atoms with Crippen molar-refractivity contribution < 1.29 is 77.2 Å². The highest BCUT2D eigenvalue weighted by atomic mass is 31.3. The van der Waals surface area contributed by atoms with E-state index >= 15 is 0 Å². The van der Waals surface area contributed by atoms with Crippen molar-refractivity contribution in [3.05, 3.63) is 35.9 Å². The number of benzene rings is 1. The summed E-state index contributed by atoms with van der Waals surface area (Å²) < 4.78 is 45.3. The average molecular weight is 804 g/mol. The molecule has 5 heterocycles. The van der Waals surface area contributed by atoms with E-state index < -0.39 is 102 Å². The largest absolute Gasteiger partial charge is 0.481 e. The van der Waals surface area contributed by atoms with Crippen LogP contribution in [0.15, 0.2) is 29.8 Å². The first-order valence-corrected chi connectivity index (χ1v) is 18.7. The summed E-state index contributed by atoms with van der Waals surface area (Å²) in [6.45, 7) is 0.513. The molecule has 12 N–H and O–H groups in total. The summed E-state index contributed by atoms with van der Waals surface area (Å²) >= 11 is 0. The molecule has 0 bridgehead atoms. The summed E-state index contributed by atoms with van der Waals surface area (Å²) in [4.78, 5) is 61.5. The zero-order valence-corrected chi connectivity index (χ0v) is 29.8. The first-order valence-electron chi connectivity index (χ1n) is 15.7. The van der Waals surface area contributed by atoms with Crippen LogP contribution in [0.3, 0.4) is 0 Å². The van der Waals surface area contributed by atoms with E-state index in [1.54, 1.807) is 26.0 Å². The molecule has 1 fully saturated rings. The fourth-order valence-electron chi connectivity index (χ4n) is 5.80. The quantitative estimate of drug-likeness (QED) is 0.0780. The van der Waals surface area contributed by atoms with Crippen LogP contribution in [0.5, 0.6) is 0 Å². The third-order valence-electron chi connectivity index (χ3n) is 8.73. The number of phosphoric ester groups is 2. The number of carbonyl (C=O) groups is 2. The smallest absolute Gasteiger partial charge is 0.388 e. The normalized spacial score (nSPS) is 27.9. The van der Waals surface area contributed by atoms with Gasteiger partial charge < -0.3 is 61.1 Å². The number of aromatic nitrogens is 4. The van der Waals surface area contributed by atoms with Gasteiger partial charge in [-0.2, -0.15) is 9.30 Å². The predicted octanol–water partition coefficient (Wildman–Crippen LogP) is -2.75. The number of aliphatic hydroxyl groups excluding tert-OH is 5. The number of aliphatic imine (C=N–C) groups is 1. The number of carbonyl (C=O) groups excluding carboxylic acids is 2. The lowest BCUT2D eigenvalue weighted by Crippen LogP contribution is -2.69. The Morgan fingerprint density at radius 1 is 1.02 bits per heavy atom. The van der Waals surface area contributed by atoms with Gasteiger partial charge in [0.05, 0.1) is 37.5 Å². The standard InChI is InChI=1S/C27H35N9O16P2/c1-10-3-12-13(4-11(10)2)35(24-27(44,34-12)25(42)33-26(43)32-24)5-14(37)18(39)15(38)6-49-53(45,46)52-54(47,48)50-7-16-19(40)20(41)23(51-16)36-9-31-17-21(28)29-8-30-22(17)36/h3-4,8-9,14-16,18-20,23,34,37-41,44H,5-7H2,1-2H3,(H,45,46)(H,47,48)(H2,28,29,30)(H,33,42,43)/t14-,15+,16+,18-,19+,20+,23?,27?/m0/s1. The van der Waals surface area contributed by atoms with E-state index in [0.717, 1.165) is 16.8 Å². The number of phosphoric acid groups is 2. The Kier molecular flexibility index (Phi) is 10.7. The van der Waals surface area contributed by atoms with Crippen LogP contribution in [0.25, 0.3) is 11.2 Å². The summed E-state index contributed by atoms with van der Waals surface area (Å²) in [6, 6.07) is 2.02. The SMILES string of the molecule is Cc1cc2c(cc1C)N(C[C@H](O)[C@H](O)[C@H](O)COP(=O)(O)OP(=O)(O)OC[C@H]1OC(n3cnc4c(N)ncnc43)[C@H](O)[C@@H]1O)C1=NC(=O)NC(=O)C1(O)N2. The Hall–Kier alpha value is -4.04. The molecule has 6 rings (SSSR count). The number of imidazole rings is 1. The number of rotatable bonds is 13. The number of aryl methyl sites for hydroxylation is 2. The van der Waals surface area contributed by atoms with Crippen molar-refractivity contribution in [1.82, 2.24) is 24.8 Å². The van der Waals surface area contributed by atoms with E-state index in [1.807, 2.05) is 5.32 Å². The molecular weight excluding hydrogens is 768 g/mol. The molecule has 0 saturated carbocycles. The average Bonchev–Trinajstić information content (AvgIpc) is 3.64. The second-order valence-corrected chi connectivity index (χ2v) is 15.5. The summed E-state index contributed by atoms with van der Waals surface area (Å²) in [5.74, 6) is -1.72. The highest BCUT2D eigenvalue weighted by Crippen LogP contribution is 2.60. The first kappa shape index (κ1) is 39.6. The number of anilines is 3. The molecule has 27 heteroatoms. The van der Waals surface area contributed by atoms with Crippen LogP contribution in [0.4, 0.5) is 22.0 Å². The topological polar surface area (TPSA) is 376 Å². The molecule has 3 aromatic rings. The molecule has 294 valence electrons. The van der Waals surface area contributed by atoms with Crippen molar-refractivity contribution in [2.75, 3.05) is 35.7 Å². The van der Waals surface area contributed by atoms with E-state index in [4.69, 9.17) is 15.0 Å². The molecule has 3 amide bonds. The number of ether oxygens (including phenoxy) is 1. The van der Waals surface area contributed by atoms with Crippen LogP contribution >= 0.6 is 15.6 Å². The van der Waals surface area contributed by atoms with Crippen LogP contribution < -0.4 is 21.3 Å². The Morgan fingerprint density at radius 3 is 2.43 bits per heavy atom. The number of nitrogen functional groups attached to an aromatic ring is 1. The number of amidine groups is 1. The molecule has 10 atom stereocenters. The molecule has 54 heavy (non-hydrogen) atoms. The van der Waals surface area contributed by atoms with Gasteiger partial charge in [-0.05, 0) is 37.1 Å². The number of nitrogens with two attached hydrogens (primary N) is 1. The summed E-state index contributed by atoms with van der Waals surface area (Å²) in [5.41, 5.74) is 5.31. The number of β-amino-alcohol motifs (C(OH)–C–C–N with tert-alkyl or cyclic N) is 1. The van der Waals surface area contributed by atoms with Gasteiger partial charge in [0.15, 0.2) is 23.5 Å². The number of urea groups is 1. The van der Waals surface area contributed by atoms with E-state index in [2.05, 4.69) is 34.1 Å².